The molecule has 2 fully saturated rings. The van der Waals surface area contributed by atoms with Gasteiger partial charge in [0.2, 0.25) is 10.0 Å². The lowest BCUT2D eigenvalue weighted by atomic mass is 9.98. The number of sulfonamides is 1. The molecule has 7 heteroatoms. The number of aryl methyl sites for hydroxylation is 2. The molecule has 0 aromatic heterocycles. The largest absolute Gasteiger partial charge is 0.496 e. The summed E-state index contributed by atoms with van der Waals surface area (Å²) >= 11 is 0. The summed E-state index contributed by atoms with van der Waals surface area (Å²) in [6.07, 6.45) is 2.06. The van der Waals surface area contributed by atoms with E-state index in [0.717, 1.165) is 29.7 Å². The highest BCUT2D eigenvalue weighted by Crippen LogP contribution is 2.40. The fourth-order valence-corrected chi connectivity index (χ4v) is 5.69. The van der Waals surface area contributed by atoms with Crippen LogP contribution in [0.15, 0.2) is 17.0 Å². The molecule has 3 atom stereocenters. The second-order valence-corrected chi connectivity index (χ2v) is 8.48. The fourth-order valence-electron chi connectivity index (χ4n) is 3.86. The van der Waals surface area contributed by atoms with E-state index in [9.17, 15) is 8.42 Å². The molecule has 0 spiro atoms. The maximum Gasteiger partial charge on any atom is 0.243 e. The predicted octanol–water partition coefficient (Wildman–Crippen LogP) is 2.09. The van der Waals surface area contributed by atoms with Crippen molar-refractivity contribution in [3.8, 4) is 5.75 Å². The quantitative estimate of drug-likeness (QED) is 0.895. The Labute approximate surface area is 144 Å². The number of ether oxygens (including phenoxy) is 1. The summed E-state index contributed by atoms with van der Waals surface area (Å²) in [4.78, 5) is 0.388. The molecule has 130 valence electrons. The van der Waals surface area contributed by atoms with Crippen LogP contribution in [0.2, 0.25) is 0 Å². The van der Waals surface area contributed by atoms with Gasteiger partial charge in [-0.1, -0.05) is 0 Å². The van der Waals surface area contributed by atoms with Crippen LogP contribution in [0.5, 0.6) is 5.75 Å². The highest BCUT2D eigenvalue weighted by Gasteiger charge is 2.45. The molecule has 3 unspecified atom stereocenters. The third-order valence-corrected chi connectivity index (χ3v) is 7.16. The summed E-state index contributed by atoms with van der Waals surface area (Å²) in [5.74, 6) is 1.45. The number of hydrogen-bond acceptors (Lipinski definition) is 4. The summed E-state index contributed by atoms with van der Waals surface area (Å²) < 4.78 is 32.9. The second kappa shape index (κ2) is 6.59. The Balaban J connectivity index is 0.00000192. The van der Waals surface area contributed by atoms with Gasteiger partial charge in [-0.2, -0.15) is 4.31 Å². The molecular formula is C16H25ClN2O3S. The Morgan fingerprint density at radius 3 is 2.48 bits per heavy atom. The van der Waals surface area contributed by atoms with E-state index in [1.807, 2.05) is 13.8 Å². The lowest BCUT2D eigenvalue weighted by Gasteiger charge is -2.20. The van der Waals surface area contributed by atoms with Gasteiger partial charge in [-0.3, -0.25) is 0 Å². The molecule has 23 heavy (non-hydrogen) atoms. The van der Waals surface area contributed by atoms with Gasteiger partial charge >= 0.3 is 0 Å². The van der Waals surface area contributed by atoms with Gasteiger partial charge in [0.05, 0.1) is 12.0 Å². The standard InChI is InChI=1S/C16H24N2O3S.ClH/c1-10-7-16(11(2)6-15(10)21-3)22(19,20)18-8-12-4-5-14(17)13(12)9-18;/h6-7,12-14H,4-5,8-9,17H2,1-3H3;1H. The van der Waals surface area contributed by atoms with Crippen LogP contribution in [0.25, 0.3) is 0 Å². The molecule has 2 aliphatic rings. The topological polar surface area (TPSA) is 72.6 Å². The smallest absolute Gasteiger partial charge is 0.243 e. The summed E-state index contributed by atoms with van der Waals surface area (Å²) in [6, 6.07) is 3.66. The maximum atomic E-state index is 13.0. The van der Waals surface area contributed by atoms with Gasteiger partial charge in [-0.05, 0) is 61.8 Å². The molecule has 1 aromatic rings. The number of halogens is 1. The third-order valence-electron chi connectivity index (χ3n) is 5.19. The van der Waals surface area contributed by atoms with Crippen molar-refractivity contribution in [3.05, 3.63) is 23.3 Å². The average molecular weight is 361 g/mol. The Morgan fingerprint density at radius 1 is 1.17 bits per heavy atom. The minimum atomic E-state index is -3.46. The number of hydrogen-bond donors (Lipinski definition) is 1. The first-order chi connectivity index (χ1) is 10.3. The van der Waals surface area contributed by atoms with Crippen LogP contribution in [-0.4, -0.2) is 39.0 Å². The van der Waals surface area contributed by atoms with E-state index in [4.69, 9.17) is 10.5 Å². The van der Waals surface area contributed by atoms with E-state index in [1.54, 1.807) is 23.5 Å². The minimum absolute atomic E-state index is 0. The van der Waals surface area contributed by atoms with Crippen molar-refractivity contribution in [1.29, 1.82) is 0 Å². The predicted molar refractivity (Wildman–Crippen MR) is 92.7 cm³/mol. The van der Waals surface area contributed by atoms with E-state index in [0.29, 0.717) is 29.8 Å². The Hall–Kier alpha value is -0.820. The average Bonchev–Trinajstić information content (AvgIpc) is 3.04. The Bertz CT molecular complexity index is 693. The van der Waals surface area contributed by atoms with Crippen LogP contribution in [0.3, 0.4) is 0 Å². The first kappa shape index (κ1) is 18.5. The summed E-state index contributed by atoms with van der Waals surface area (Å²) in [5.41, 5.74) is 7.68. The number of benzene rings is 1. The number of methoxy groups -OCH3 is 1. The maximum absolute atomic E-state index is 13.0. The molecule has 1 saturated carbocycles. The van der Waals surface area contributed by atoms with Crippen LogP contribution < -0.4 is 10.5 Å². The molecule has 1 aliphatic carbocycles. The summed E-state index contributed by atoms with van der Waals surface area (Å²) in [5, 5.41) is 0. The molecular weight excluding hydrogens is 336 g/mol. The van der Waals surface area contributed by atoms with Crippen molar-refractivity contribution >= 4 is 22.4 Å². The van der Waals surface area contributed by atoms with Crippen LogP contribution >= 0.6 is 12.4 Å². The van der Waals surface area contributed by atoms with Crippen molar-refractivity contribution < 1.29 is 13.2 Å². The van der Waals surface area contributed by atoms with E-state index in [-0.39, 0.29) is 18.4 Å². The van der Waals surface area contributed by atoms with Crippen LogP contribution in [-0.2, 0) is 10.0 Å². The lowest BCUT2D eigenvalue weighted by molar-refractivity contribution is 0.410. The summed E-state index contributed by atoms with van der Waals surface area (Å²) in [6.45, 7) is 4.84. The molecule has 1 aliphatic heterocycles. The molecule has 3 rings (SSSR count). The molecule has 0 radical (unpaired) electrons. The van der Waals surface area contributed by atoms with E-state index in [1.165, 1.54) is 0 Å². The zero-order chi connectivity index (χ0) is 16.1. The number of nitrogens with two attached hydrogens (primary N) is 1. The van der Waals surface area contributed by atoms with Gasteiger partial charge in [0.15, 0.2) is 0 Å². The normalized spacial score (nSPS) is 27.6. The zero-order valence-corrected chi connectivity index (χ0v) is 15.4. The number of nitrogens with zero attached hydrogens (tertiary/aromatic N) is 1. The lowest BCUT2D eigenvalue weighted by Crippen LogP contribution is -2.33. The highest BCUT2D eigenvalue weighted by molar-refractivity contribution is 7.89. The molecule has 1 aromatic carbocycles. The van der Waals surface area contributed by atoms with Gasteiger partial charge < -0.3 is 10.5 Å². The number of rotatable bonds is 3. The van der Waals surface area contributed by atoms with Gasteiger partial charge in [0, 0.05) is 19.1 Å². The highest BCUT2D eigenvalue weighted by atomic mass is 35.5. The van der Waals surface area contributed by atoms with E-state index in [2.05, 4.69) is 0 Å². The van der Waals surface area contributed by atoms with Gasteiger partial charge in [-0.25, -0.2) is 8.42 Å². The fraction of sp³-hybridized carbons (Fsp3) is 0.625. The van der Waals surface area contributed by atoms with Crippen molar-refractivity contribution in [2.45, 2.75) is 37.6 Å². The van der Waals surface area contributed by atoms with Crippen LogP contribution in [0.1, 0.15) is 24.0 Å². The first-order valence-corrected chi connectivity index (χ1v) is 9.19. The van der Waals surface area contributed by atoms with E-state index < -0.39 is 10.0 Å². The first-order valence-electron chi connectivity index (χ1n) is 7.75. The van der Waals surface area contributed by atoms with Gasteiger partial charge in [0.25, 0.3) is 0 Å². The molecule has 0 bridgehead atoms. The van der Waals surface area contributed by atoms with E-state index >= 15 is 0 Å². The Morgan fingerprint density at radius 2 is 1.87 bits per heavy atom. The van der Waals surface area contributed by atoms with Crippen molar-refractivity contribution in [3.63, 3.8) is 0 Å². The molecule has 1 saturated heterocycles. The molecule has 1 heterocycles. The van der Waals surface area contributed by atoms with Crippen LogP contribution in [0.4, 0.5) is 0 Å². The van der Waals surface area contributed by atoms with Crippen molar-refractivity contribution in [2.24, 2.45) is 17.6 Å². The van der Waals surface area contributed by atoms with Gasteiger partial charge in [-0.15, -0.1) is 12.4 Å². The van der Waals surface area contributed by atoms with Crippen molar-refractivity contribution in [2.75, 3.05) is 20.2 Å². The zero-order valence-electron chi connectivity index (χ0n) is 13.8. The number of fused-ring (bicyclic) bond motifs is 1. The molecule has 5 nitrogen and oxygen atoms in total. The Kier molecular flexibility index (Phi) is 5.31. The third kappa shape index (κ3) is 3.09. The molecule has 0 amide bonds. The van der Waals surface area contributed by atoms with Crippen LogP contribution in [0, 0.1) is 25.7 Å². The second-order valence-electron chi connectivity index (χ2n) is 6.57. The monoisotopic (exact) mass is 360 g/mol. The molecule has 2 N–H and O–H groups in total. The SMILES string of the molecule is COc1cc(C)c(S(=O)(=O)N2CC3CCC(N)C3C2)cc1C.Cl. The minimum Gasteiger partial charge on any atom is -0.496 e. The van der Waals surface area contributed by atoms with Gasteiger partial charge in [0.1, 0.15) is 5.75 Å². The summed E-state index contributed by atoms with van der Waals surface area (Å²) in [7, 11) is -1.86. The van der Waals surface area contributed by atoms with Crippen molar-refractivity contribution in [1.82, 2.24) is 4.31 Å².